The number of pyridine rings is 1. The zero-order valence-electron chi connectivity index (χ0n) is 15.3. The predicted octanol–water partition coefficient (Wildman–Crippen LogP) is 0.976. The number of hydrogen-bond acceptors (Lipinski definition) is 5. The lowest BCUT2D eigenvalue weighted by atomic mass is 9.72. The van der Waals surface area contributed by atoms with Crippen LogP contribution in [-0.4, -0.2) is 46.7 Å². The molecule has 3 saturated heterocycles. The monoisotopic (exact) mass is 394 g/mol. The highest BCUT2D eigenvalue weighted by molar-refractivity contribution is 7.79. The van der Waals surface area contributed by atoms with Crippen LogP contribution >= 0.6 is 0 Å². The van der Waals surface area contributed by atoms with Gasteiger partial charge in [-0.25, -0.2) is 8.42 Å². The van der Waals surface area contributed by atoms with Crippen LogP contribution in [0.2, 0.25) is 0 Å². The van der Waals surface area contributed by atoms with Gasteiger partial charge >= 0.3 is 0 Å². The average Bonchev–Trinajstić information content (AvgIpc) is 2.66. The van der Waals surface area contributed by atoms with Gasteiger partial charge in [-0.2, -0.15) is 0 Å². The number of nitrogens with one attached hydrogen (secondary N) is 1. The van der Waals surface area contributed by atoms with Gasteiger partial charge in [0.15, 0.2) is 0 Å². The third-order valence-electron chi connectivity index (χ3n) is 6.02. The minimum Gasteiger partial charge on any atom is -0.726 e. The number of benzene rings is 1. The van der Waals surface area contributed by atoms with Crippen molar-refractivity contribution in [2.75, 3.05) is 13.1 Å². The highest BCUT2D eigenvalue weighted by atomic mass is 32.3. The maximum absolute atomic E-state index is 11.1. The number of aliphatic hydroxyl groups is 1. The minimum atomic E-state index is -4.92. The Balaban J connectivity index is 0.000000376. The molecule has 5 atom stereocenters. The van der Waals surface area contributed by atoms with Gasteiger partial charge in [-0.15, -0.1) is 0 Å². The molecule has 1 aromatic carbocycles. The molecule has 4 heterocycles. The summed E-state index contributed by atoms with van der Waals surface area (Å²) in [6, 6.07) is 10.5. The van der Waals surface area contributed by atoms with Gasteiger partial charge in [-0.05, 0) is 30.0 Å². The summed E-state index contributed by atoms with van der Waals surface area (Å²) in [5.41, 5.74) is 2.04. The molecule has 3 aliphatic heterocycles. The van der Waals surface area contributed by atoms with Crippen LogP contribution in [0.5, 0.6) is 0 Å². The number of piperidine rings is 3. The normalized spacial score (nSPS) is 28.4. The van der Waals surface area contributed by atoms with E-state index < -0.39 is 10.4 Å². The fraction of sp³-hybridized carbons (Fsp3) is 0.526. The second-order valence-corrected chi connectivity index (χ2v) is 8.32. The molecule has 7 nitrogen and oxygen atoms in total. The van der Waals surface area contributed by atoms with Crippen molar-refractivity contribution in [3.8, 4) is 0 Å². The first-order chi connectivity index (χ1) is 12.8. The molecule has 8 heteroatoms. The number of quaternary nitrogens is 1. The number of rotatable bonds is 3. The first-order valence-corrected chi connectivity index (χ1v) is 10.7. The van der Waals surface area contributed by atoms with E-state index in [2.05, 4.69) is 18.0 Å². The Morgan fingerprint density at radius 3 is 2.67 bits per heavy atom. The van der Waals surface area contributed by atoms with Crippen LogP contribution in [0.1, 0.15) is 37.9 Å². The van der Waals surface area contributed by atoms with Crippen LogP contribution in [0.15, 0.2) is 36.5 Å². The van der Waals surface area contributed by atoms with Crippen LogP contribution in [0.3, 0.4) is 0 Å². The van der Waals surface area contributed by atoms with Crippen molar-refractivity contribution in [3.05, 3.63) is 42.1 Å². The topological polar surface area (TPSA) is 115 Å². The molecule has 148 valence electrons. The number of aliphatic hydroxyl groups excluding tert-OH is 1. The van der Waals surface area contributed by atoms with Crippen molar-refractivity contribution >= 4 is 21.3 Å². The molecule has 0 aliphatic carbocycles. The fourth-order valence-corrected chi connectivity index (χ4v) is 4.77. The van der Waals surface area contributed by atoms with Crippen molar-refractivity contribution in [1.29, 1.82) is 0 Å². The SMILES string of the molecule is CCC1C[NH+]2CCC1C[C@H]2[C@@H](O)c1ccnc2ccccc12.O=S(=O)([O-])O. The molecule has 5 rings (SSSR count). The number of para-hydroxylation sites is 1. The molecule has 2 aromatic rings. The van der Waals surface area contributed by atoms with E-state index in [1.54, 1.807) is 4.90 Å². The first kappa shape index (κ1) is 20.2. The van der Waals surface area contributed by atoms with E-state index in [1.807, 2.05) is 30.5 Å². The zero-order valence-corrected chi connectivity index (χ0v) is 16.1. The van der Waals surface area contributed by atoms with E-state index in [-0.39, 0.29) is 6.10 Å². The van der Waals surface area contributed by atoms with Gasteiger partial charge < -0.3 is 14.6 Å². The first-order valence-electron chi connectivity index (χ1n) is 9.32. The Morgan fingerprint density at radius 1 is 1.33 bits per heavy atom. The number of hydrogen-bond donors (Lipinski definition) is 3. The molecule has 0 radical (unpaired) electrons. The quantitative estimate of drug-likeness (QED) is 0.528. The molecule has 1 aromatic heterocycles. The molecule has 3 unspecified atom stereocenters. The fourth-order valence-electron chi connectivity index (χ4n) is 4.77. The summed E-state index contributed by atoms with van der Waals surface area (Å²) < 4.78 is 32.8. The van der Waals surface area contributed by atoms with E-state index in [0.29, 0.717) is 6.04 Å². The largest absolute Gasteiger partial charge is 0.726 e. The van der Waals surface area contributed by atoms with E-state index in [1.165, 1.54) is 32.4 Å². The Morgan fingerprint density at radius 2 is 2.04 bits per heavy atom. The van der Waals surface area contributed by atoms with Crippen molar-refractivity contribution in [2.45, 2.75) is 38.3 Å². The number of fused-ring (bicyclic) bond motifs is 4. The summed E-state index contributed by atoms with van der Waals surface area (Å²) in [5.74, 6) is 1.68. The second-order valence-electron chi connectivity index (χ2n) is 7.46. The van der Waals surface area contributed by atoms with E-state index >= 15 is 0 Å². The van der Waals surface area contributed by atoms with E-state index in [0.717, 1.165) is 28.3 Å². The minimum absolute atomic E-state index is 0.354. The molecule has 3 fully saturated rings. The van der Waals surface area contributed by atoms with Crippen molar-refractivity contribution in [3.63, 3.8) is 0 Å². The van der Waals surface area contributed by atoms with Crippen LogP contribution < -0.4 is 4.90 Å². The highest BCUT2D eigenvalue weighted by Crippen LogP contribution is 2.34. The summed E-state index contributed by atoms with van der Waals surface area (Å²) >= 11 is 0. The third-order valence-corrected chi connectivity index (χ3v) is 6.02. The lowest BCUT2D eigenvalue weighted by molar-refractivity contribution is -0.950. The van der Waals surface area contributed by atoms with Crippen molar-refractivity contribution in [2.24, 2.45) is 11.8 Å². The summed E-state index contributed by atoms with van der Waals surface area (Å²) in [4.78, 5) is 6.04. The molecular formula is C19H26N2O5S. The highest BCUT2D eigenvalue weighted by Gasteiger charge is 2.46. The summed E-state index contributed by atoms with van der Waals surface area (Å²) in [7, 11) is -4.92. The van der Waals surface area contributed by atoms with Crippen LogP contribution in [-0.2, 0) is 10.4 Å². The maximum atomic E-state index is 11.1. The lowest BCUT2D eigenvalue weighted by Gasteiger charge is -2.48. The Hall–Kier alpha value is -1.58. The van der Waals surface area contributed by atoms with Crippen molar-refractivity contribution in [1.82, 2.24) is 4.98 Å². The smallest absolute Gasteiger partial charge is 0.215 e. The Labute approximate surface area is 159 Å². The molecule has 3 N–H and O–H groups in total. The zero-order chi connectivity index (χ0) is 19.6. The summed E-state index contributed by atoms with van der Waals surface area (Å²) in [6.07, 6.45) is 5.26. The molecular weight excluding hydrogens is 368 g/mol. The van der Waals surface area contributed by atoms with Gasteiger partial charge in [0.25, 0.3) is 0 Å². The van der Waals surface area contributed by atoms with Crippen LogP contribution in [0, 0.1) is 11.8 Å². The molecule has 27 heavy (non-hydrogen) atoms. The molecule has 0 amide bonds. The van der Waals surface area contributed by atoms with Crippen molar-refractivity contribution < 1.29 is 27.5 Å². The summed E-state index contributed by atoms with van der Waals surface area (Å²) in [5, 5.41) is 12.2. The number of nitrogens with zero attached hydrogens (tertiary/aromatic N) is 1. The Bertz CT molecular complexity index is 875. The maximum Gasteiger partial charge on any atom is 0.215 e. The van der Waals surface area contributed by atoms with Gasteiger partial charge in [0.2, 0.25) is 10.4 Å². The van der Waals surface area contributed by atoms with Gasteiger partial charge in [-0.1, -0.05) is 25.1 Å². The molecule has 2 bridgehead atoms. The standard InChI is InChI=1S/C19H24N2O.H2O4S/c1-2-13-12-21-10-8-14(13)11-18(21)19(22)16-7-9-20-17-6-4-3-5-15(16)17;1-5(2,3)4/h3-7,9,13-14,18-19,22H,2,8,10-12H2,1H3;(H2,1,2,3,4)/t13?,14?,18-,19-;/m0./s1. The van der Waals surface area contributed by atoms with Gasteiger partial charge in [0.05, 0.1) is 18.6 Å². The van der Waals surface area contributed by atoms with Crippen LogP contribution in [0.25, 0.3) is 10.9 Å². The summed E-state index contributed by atoms with van der Waals surface area (Å²) in [6.45, 7) is 4.78. The predicted molar refractivity (Wildman–Crippen MR) is 100 cm³/mol. The molecule has 0 spiro atoms. The molecule has 0 saturated carbocycles. The lowest BCUT2D eigenvalue weighted by Crippen LogP contribution is -3.20. The van der Waals surface area contributed by atoms with Gasteiger partial charge in [0, 0.05) is 30.3 Å². The van der Waals surface area contributed by atoms with E-state index in [4.69, 9.17) is 17.5 Å². The van der Waals surface area contributed by atoms with Crippen LogP contribution in [0.4, 0.5) is 0 Å². The van der Waals surface area contributed by atoms with E-state index in [9.17, 15) is 5.11 Å². The molecule has 3 aliphatic rings. The Kier molecular flexibility index (Phi) is 6.12. The third kappa shape index (κ3) is 4.83. The number of aromatic nitrogens is 1. The van der Waals surface area contributed by atoms with Gasteiger partial charge in [0.1, 0.15) is 12.1 Å². The second kappa shape index (κ2) is 8.20. The van der Waals surface area contributed by atoms with Gasteiger partial charge in [-0.3, -0.25) is 9.54 Å². The average molecular weight is 394 g/mol.